The molecule has 0 aliphatic rings. The summed E-state index contributed by atoms with van der Waals surface area (Å²) in [7, 11) is 0. The lowest BCUT2D eigenvalue weighted by atomic mass is 10.0. The van der Waals surface area contributed by atoms with E-state index in [0.29, 0.717) is 16.1 Å². The zero-order chi connectivity index (χ0) is 21.8. The lowest BCUT2D eigenvalue weighted by Crippen LogP contribution is -2.34. The Morgan fingerprint density at radius 2 is 1.83 bits per heavy atom. The number of nitrogens with one attached hydrogen (secondary N) is 1. The Hall–Kier alpha value is -2.83. The first kappa shape index (κ1) is 21.9. The van der Waals surface area contributed by atoms with Crippen molar-refractivity contribution in [2.24, 2.45) is 5.73 Å². The summed E-state index contributed by atoms with van der Waals surface area (Å²) in [5, 5.41) is 4.30. The van der Waals surface area contributed by atoms with Crippen LogP contribution in [0.4, 0.5) is 4.79 Å². The zero-order valence-corrected chi connectivity index (χ0v) is 18.1. The molecule has 0 aliphatic heterocycles. The summed E-state index contributed by atoms with van der Waals surface area (Å²) < 4.78 is 5.39. The van der Waals surface area contributed by atoms with Crippen LogP contribution in [0.3, 0.4) is 0 Å². The molecule has 30 heavy (non-hydrogen) atoms. The summed E-state index contributed by atoms with van der Waals surface area (Å²) in [5.74, 6) is -0.514. The monoisotopic (exact) mass is 445 g/mol. The van der Waals surface area contributed by atoms with E-state index in [1.807, 2.05) is 32.0 Å². The number of halogens is 2. The highest BCUT2D eigenvalue weighted by Gasteiger charge is 2.19. The van der Waals surface area contributed by atoms with Gasteiger partial charge in [-0.15, -0.1) is 0 Å². The number of amides is 2. The smallest absolute Gasteiger partial charge is 0.312 e. The molecule has 3 rings (SSSR count). The van der Waals surface area contributed by atoms with Gasteiger partial charge in [0.25, 0.3) is 0 Å². The first-order valence-corrected chi connectivity index (χ1v) is 10.0. The number of carbonyl (C=O) groups excluding carboxylic acids is 2. The number of pyridine rings is 1. The topological polar surface area (TPSA) is 94.3 Å². The van der Waals surface area contributed by atoms with Crippen LogP contribution in [-0.4, -0.2) is 17.0 Å². The predicted octanol–water partition coefficient (Wildman–Crippen LogP) is 5.00. The number of esters is 1. The SMILES string of the molecule is Cc1ccc2cc(COC(=O)CC(NC(N)=O)c3ccc(Cl)cc3)c(Cl)nc2c1C. The van der Waals surface area contributed by atoms with Crippen molar-refractivity contribution < 1.29 is 14.3 Å². The Labute approximate surface area is 184 Å². The Morgan fingerprint density at radius 3 is 2.50 bits per heavy atom. The van der Waals surface area contributed by atoms with E-state index in [2.05, 4.69) is 10.3 Å². The quantitative estimate of drug-likeness (QED) is 0.412. The Kier molecular flexibility index (Phi) is 6.80. The van der Waals surface area contributed by atoms with Crippen molar-refractivity contribution in [1.82, 2.24) is 10.3 Å². The maximum absolute atomic E-state index is 12.4. The van der Waals surface area contributed by atoms with Gasteiger partial charge in [-0.1, -0.05) is 47.5 Å². The number of primary amides is 1. The standard InChI is InChI=1S/C22H21Cl2N3O3/c1-12-3-4-15-9-16(21(24)27-20(15)13(12)2)11-30-19(28)10-18(26-22(25)29)14-5-7-17(23)8-6-14/h3-9,18H,10-11H2,1-2H3,(H3,25,26,29). The normalized spacial score (nSPS) is 11.9. The summed E-state index contributed by atoms with van der Waals surface area (Å²) in [6, 6.07) is 11.2. The summed E-state index contributed by atoms with van der Waals surface area (Å²) in [4.78, 5) is 28.2. The van der Waals surface area contributed by atoms with Crippen molar-refractivity contribution in [2.75, 3.05) is 0 Å². The van der Waals surface area contributed by atoms with Crippen molar-refractivity contribution >= 4 is 46.1 Å². The molecular formula is C22H21Cl2N3O3. The fraction of sp³-hybridized carbons (Fsp3) is 0.227. The van der Waals surface area contributed by atoms with Crippen molar-refractivity contribution in [3.05, 3.63) is 74.9 Å². The minimum atomic E-state index is -0.741. The Balaban J connectivity index is 1.72. The van der Waals surface area contributed by atoms with Crippen LogP contribution in [0.25, 0.3) is 10.9 Å². The van der Waals surface area contributed by atoms with E-state index in [0.717, 1.165) is 22.0 Å². The van der Waals surface area contributed by atoms with E-state index in [4.69, 9.17) is 33.7 Å². The molecule has 3 aromatic rings. The van der Waals surface area contributed by atoms with Gasteiger partial charge in [0.15, 0.2) is 0 Å². The van der Waals surface area contributed by atoms with Crippen LogP contribution in [0.15, 0.2) is 42.5 Å². The molecule has 0 saturated heterocycles. The second-order valence-corrected chi connectivity index (χ2v) is 7.79. The van der Waals surface area contributed by atoms with Gasteiger partial charge in [0.1, 0.15) is 11.8 Å². The molecule has 2 aromatic carbocycles. The van der Waals surface area contributed by atoms with Gasteiger partial charge in [-0.25, -0.2) is 9.78 Å². The number of urea groups is 1. The number of aromatic nitrogens is 1. The second-order valence-electron chi connectivity index (χ2n) is 7.00. The number of hydrogen-bond donors (Lipinski definition) is 2. The molecular weight excluding hydrogens is 425 g/mol. The predicted molar refractivity (Wildman–Crippen MR) is 118 cm³/mol. The van der Waals surface area contributed by atoms with Gasteiger partial charge in [-0.2, -0.15) is 0 Å². The molecule has 0 spiro atoms. The van der Waals surface area contributed by atoms with Gasteiger partial charge in [0, 0.05) is 16.0 Å². The maximum atomic E-state index is 12.4. The number of aryl methyl sites for hydroxylation is 2. The lowest BCUT2D eigenvalue weighted by Gasteiger charge is -2.17. The molecule has 2 amide bonds. The molecule has 0 saturated carbocycles. The second kappa shape index (κ2) is 9.32. The fourth-order valence-corrected chi connectivity index (χ4v) is 3.43. The van der Waals surface area contributed by atoms with Crippen molar-refractivity contribution in [3.8, 4) is 0 Å². The number of rotatable bonds is 6. The number of nitrogens with zero attached hydrogens (tertiary/aromatic N) is 1. The molecule has 0 fully saturated rings. The highest BCUT2D eigenvalue weighted by molar-refractivity contribution is 6.30. The third-order valence-electron chi connectivity index (χ3n) is 4.89. The Bertz CT molecular complexity index is 1100. The highest BCUT2D eigenvalue weighted by Crippen LogP contribution is 2.26. The largest absolute Gasteiger partial charge is 0.461 e. The molecule has 1 heterocycles. The van der Waals surface area contributed by atoms with E-state index in [1.54, 1.807) is 24.3 Å². The molecule has 1 unspecified atom stereocenters. The van der Waals surface area contributed by atoms with Gasteiger partial charge in [0.2, 0.25) is 0 Å². The first-order valence-electron chi connectivity index (χ1n) is 9.27. The number of benzene rings is 2. The average molecular weight is 446 g/mol. The highest BCUT2D eigenvalue weighted by atomic mass is 35.5. The fourth-order valence-electron chi connectivity index (χ4n) is 3.11. The van der Waals surface area contributed by atoms with E-state index < -0.39 is 18.0 Å². The third-order valence-corrected chi connectivity index (χ3v) is 5.47. The van der Waals surface area contributed by atoms with Gasteiger partial charge in [-0.3, -0.25) is 4.79 Å². The van der Waals surface area contributed by atoms with Gasteiger partial charge in [-0.05, 0) is 48.7 Å². The van der Waals surface area contributed by atoms with Gasteiger partial charge < -0.3 is 15.8 Å². The summed E-state index contributed by atoms with van der Waals surface area (Å²) in [6.45, 7) is 3.97. The van der Waals surface area contributed by atoms with E-state index in [9.17, 15) is 9.59 Å². The van der Waals surface area contributed by atoms with Crippen LogP contribution in [0.5, 0.6) is 0 Å². The minimum Gasteiger partial charge on any atom is -0.461 e. The van der Waals surface area contributed by atoms with E-state index in [-0.39, 0.29) is 18.2 Å². The van der Waals surface area contributed by atoms with E-state index in [1.165, 1.54) is 0 Å². The molecule has 6 nitrogen and oxygen atoms in total. The first-order chi connectivity index (χ1) is 14.2. The Morgan fingerprint density at radius 1 is 1.13 bits per heavy atom. The zero-order valence-electron chi connectivity index (χ0n) is 16.5. The van der Waals surface area contributed by atoms with E-state index >= 15 is 0 Å². The van der Waals surface area contributed by atoms with Crippen molar-refractivity contribution in [2.45, 2.75) is 32.9 Å². The average Bonchev–Trinajstić information content (AvgIpc) is 2.69. The van der Waals surface area contributed by atoms with Gasteiger partial charge in [0.05, 0.1) is 18.0 Å². The number of fused-ring (bicyclic) bond motifs is 1. The summed E-state index contributed by atoms with van der Waals surface area (Å²) >= 11 is 12.2. The maximum Gasteiger partial charge on any atom is 0.312 e. The van der Waals surface area contributed by atoms with Crippen LogP contribution < -0.4 is 11.1 Å². The lowest BCUT2D eigenvalue weighted by molar-refractivity contribution is -0.145. The number of nitrogens with two attached hydrogens (primary N) is 1. The van der Waals surface area contributed by atoms with Crippen LogP contribution in [0.2, 0.25) is 10.2 Å². The van der Waals surface area contributed by atoms with Gasteiger partial charge >= 0.3 is 12.0 Å². The molecule has 0 radical (unpaired) electrons. The van der Waals surface area contributed by atoms with Crippen LogP contribution in [0, 0.1) is 13.8 Å². The van der Waals surface area contributed by atoms with Crippen LogP contribution in [-0.2, 0) is 16.1 Å². The number of hydrogen-bond acceptors (Lipinski definition) is 4. The molecule has 1 atom stereocenters. The number of carbonyl (C=O) groups is 2. The molecule has 8 heteroatoms. The molecule has 0 bridgehead atoms. The summed E-state index contributed by atoms with van der Waals surface area (Å²) in [6.07, 6.45) is -0.0957. The minimum absolute atomic E-state index is 0.0303. The van der Waals surface area contributed by atoms with Crippen molar-refractivity contribution in [1.29, 1.82) is 0 Å². The molecule has 156 valence electrons. The molecule has 1 aromatic heterocycles. The number of ether oxygens (including phenoxy) is 1. The molecule has 3 N–H and O–H groups in total. The molecule has 0 aliphatic carbocycles. The van der Waals surface area contributed by atoms with Crippen molar-refractivity contribution in [3.63, 3.8) is 0 Å². The van der Waals surface area contributed by atoms with Crippen LogP contribution in [0.1, 0.15) is 34.7 Å². The summed E-state index contributed by atoms with van der Waals surface area (Å²) in [5.41, 5.74) is 9.54. The van der Waals surface area contributed by atoms with Crippen LogP contribution >= 0.6 is 23.2 Å². The third kappa shape index (κ3) is 5.20.